The number of hydrogen-bond acceptors (Lipinski definition) is 2. The average Bonchev–Trinajstić information content (AvgIpc) is 3.05. The Morgan fingerprint density at radius 1 is 0.800 bits per heavy atom. The van der Waals surface area contributed by atoms with Crippen LogP contribution in [0.15, 0.2) is 79.0 Å². The number of benzene rings is 1. The summed E-state index contributed by atoms with van der Waals surface area (Å²) in [5, 5.41) is 0. The van der Waals surface area contributed by atoms with Crippen LogP contribution in [0, 0.1) is 6.92 Å². The molecule has 2 aliphatic rings. The highest BCUT2D eigenvalue weighted by Gasteiger charge is 2.21. The summed E-state index contributed by atoms with van der Waals surface area (Å²) in [7, 11) is 0. The molecular formula is C23H22N2. The lowest BCUT2D eigenvalue weighted by atomic mass is 9.92. The van der Waals surface area contributed by atoms with Gasteiger partial charge in [-0.15, -0.1) is 0 Å². The summed E-state index contributed by atoms with van der Waals surface area (Å²) in [6.07, 6.45) is 23.6. The largest absolute Gasteiger partial charge is 0.249 e. The molecule has 0 bridgehead atoms. The SMILES string of the molecule is Cc1ccc2nc(C3C=CC=CC=C3)c(C3C=CC=CCC3)nc2c1. The van der Waals surface area contributed by atoms with E-state index < -0.39 is 0 Å². The highest BCUT2D eigenvalue weighted by atomic mass is 14.8. The van der Waals surface area contributed by atoms with Crippen LogP contribution in [0.25, 0.3) is 11.0 Å². The number of allylic oxidation sites excluding steroid dienone is 10. The molecule has 2 nitrogen and oxygen atoms in total. The maximum Gasteiger partial charge on any atom is 0.0893 e. The van der Waals surface area contributed by atoms with Crippen LogP contribution in [0.2, 0.25) is 0 Å². The lowest BCUT2D eigenvalue weighted by molar-refractivity contribution is 0.714. The van der Waals surface area contributed by atoms with Crippen LogP contribution in [-0.4, -0.2) is 9.97 Å². The zero-order valence-corrected chi connectivity index (χ0v) is 14.5. The number of nitrogens with zero attached hydrogens (tertiary/aromatic N) is 2. The van der Waals surface area contributed by atoms with Crippen molar-refractivity contribution in [1.29, 1.82) is 0 Å². The van der Waals surface area contributed by atoms with Gasteiger partial charge in [-0.3, -0.25) is 0 Å². The van der Waals surface area contributed by atoms with E-state index in [2.05, 4.69) is 85.9 Å². The van der Waals surface area contributed by atoms with E-state index in [9.17, 15) is 0 Å². The van der Waals surface area contributed by atoms with Crippen molar-refractivity contribution in [2.75, 3.05) is 0 Å². The van der Waals surface area contributed by atoms with Gasteiger partial charge in [0.2, 0.25) is 0 Å². The standard InChI is InChI=1S/C23H22N2/c1-17-14-15-20-21(16-17)25-23(19-12-8-4-5-9-13-19)22(24-20)18-10-6-2-3-7-11-18/h2-8,10-12,14-16,18-19H,9,13H2,1H3. The Balaban J connectivity index is 1.88. The fourth-order valence-electron chi connectivity index (χ4n) is 3.43. The summed E-state index contributed by atoms with van der Waals surface area (Å²) in [6.45, 7) is 2.10. The molecule has 0 radical (unpaired) electrons. The molecule has 0 N–H and O–H groups in total. The van der Waals surface area contributed by atoms with Gasteiger partial charge in [-0.1, -0.05) is 66.8 Å². The maximum absolute atomic E-state index is 5.08. The van der Waals surface area contributed by atoms with E-state index in [1.54, 1.807) is 0 Å². The molecule has 1 atom stereocenters. The van der Waals surface area contributed by atoms with Gasteiger partial charge < -0.3 is 0 Å². The zero-order chi connectivity index (χ0) is 17.1. The first-order valence-corrected chi connectivity index (χ1v) is 8.94. The van der Waals surface area contributed by atoms with Crippen LogP contribution in [0.5, 0.6) is 0 Å². The molecular weight excluding hydrogens is 304 g/mol. The first kappa shape index (κ1) is 15.8. The minimum absolute atomic E-state index is 0.160. The number of rotatable bonds is 2. The fourth-order valence-corrected chi connectivity index (χ4v) is 3.43. The molecule has 124 valence electrons. The van der Waals surface area contributed by atoms with Gasteiger partial charge >= 0.3 is 0 Å². The van der Waals surface area contributed by atoms with E-state index in [1.165, 1.54) is 5.56 Å². The van der Waals surface area contributed by atoms with Gasteiger partial charge in [0.1, 0.15) is 0 Å². The number of aryl methyl sites for hydroxylation is 1. The molecule has 1 aromatic carbocycles. The van der Waals surface area contributed by atoms with Crippen molar-refractivity contribution in [2.24, 2.45) is 0 Å². The van der Waals surface area contributed by atoms with Crippen molar-refractivity contribution in [3.63, 3.8) is 0 Å². The molecule has 0 spiro atoms. The zero-order valence-electron chi connectivity index (χ0n) is 14.5. The lowest BCUT2D eigenvalue weighted by Crippen LogP contribution is -2.09. The van der Waals surface area contributed by atoms with Gasteiger partial charge in [-0.2, -0.15) is 0 Å². The normalized spacial score (nSPS) is 20.1. The summed E-state index contributed by atoms with van der Waals surface area (Å²) in [4.78, 5) is 10.1. The Morgan fingerprint density at radius 3 is 2.40 bits per heavy atom. The summed E-state index contributed by atoms with van der Waals surface area (Å²) >= 11 is 0. The molecule has 1 aromatic heterocycles. The lowest BCUT2D eigenvalue weighted by Gasteiger charge is -2.19. The van der Waals surface area contributed by atoms with Crippen LogP contribution >= 0.6 is 0 Å². The first-order chi connectivity index (χ1) is 12.3. The number of aromatic nitrogens is 2. The molecule has 2 aromatic rings. The molecule has 2 aliphatic carbocycles. The quantitative estimate of drug-likeness (QED) is 0.708. The van der Waals surface area contributed by atoms with Gasteiger partial charge in [-0.05, 0) is 37.5 Å². The van der Waals surface area contributed by atoms with Crippen molar-refractivity contribution in [3.8, 4) is 0 Å². The predicted molar refractivity (Wildman–Crippen MR) is 105 cm³/mol. The molecule has 0 amide bonds. The number of fused-ring (bicyclic) bond motifs is 1. The summed E-state index contributed by atoms with van der Waals surface area (Å²) in [5.74, 6) is 0.466. The minimum Gasteiger partial charge on any atom is -0.249 e. The molecule has 25 heavy (non-hydrogen) atoms. The average molecular weight is 326 g/mol. The monoisotopic (exact) mass is 326 g/mol. The summed E-state index contributed by atoms with van der Waals surface area (Å²) < 4.78 is 0. The third-order valence-corrected chi connectivity index (χ3v) is 4.75. The fraction of sp³-hybridized carbons (Fsp3) is 0.217. The number of hydrogen-bond donors (Lipinski definition) is 0. The molecule has 1 heterocycles. The maximum atomic E-state index is 5.08. The molecule has 0 aliphatic heterocycles. The summed E-state index contributed by atoms with van der Waals surface area (Å²) in [5.41, 5.74) is 5.36. The second-order valence-electron chi connectivity index (χ2n) is 6.66. The van der Waals surface area contributed by atoms with E-state index >= 15 is 0 Å². The first-order valence-electron chi connectivity index (χ1n) is 8.94. The van der Waals surface area contributed by atoms with Crippen LogP contribution in [0.4, 0.5) is 0 Å². The van der Waals surface area contributed by atoms with Gasteiger partial charge in [0, 0.05) is 11.8 Å². The molecule has 2 heteroatoms. The molecule has 1 unspecified atom stereocenters. The minimum atomic E-state index is 0.160. The molecule has 0 saturated carbocycles. The summed E-state index contributed by atoms with van der Waals surface area (Å²) in [6, 6.07) is 6.32. The second-order valence-corrected chi connectivity index (χ2v) is 6.66. The van der Waals surface area contributed by atoms with Gasteiger partial charge in [-0.25, -0.2) is 9.97 Å². The highest BCUT2D eigenvalue weighted by Crippen LogP contribution is 2.32. The van der Waals surface area contributed by atoms with E-state index in [4.69, 9.17) is 9.97 Å². The third-order valence-electron chi connectivity index (χ3n) is 4.75. The Bertz CT molecular complexity index is 913. The topological polar surface area (TPSA) is 25.8 Å². The Hall–Kier alpha value is -2.74. The van der Waals surface area contributed by atoms with Crippen molar-refractivity contribution < 1.29 is 0 Å². The van der Waals surface area contributed by atoms with Crippen molar-refractivity contribution in [2.45, 2.75) is 31.6 Å². The smallest absolute Gasteiger partial charge is 0.0893 e. The van der Waals surface area contributed by atoms with Crippen LogP contribution < -0.4 is 0 Å². The Morgan fingerprint density at radius 2 is 1.56 bits per heavy atom. The Labute approximate surface area is 149 Å². The van der Waals surface area contributed by atoms with E-state index in [1.807, 2.05) is 0 Å². The second kappa shape index (κ2) is 7.02. The molecule has 4 rings (SSSR count). The van der Waals surface area contributed by atoms with Crippen molar-refractivity contribution in [3.05, 3.63) is 95.9 Å². The van der Waals surface area contributed by atoms with Crippen LogP contribution in [0.1, 0.15) is 41.6 Å². The van der Waals surface area contributed by atoms with Gasteiger partial charge in [0.15, 0.2) is 0 Å². The van der Waals surface area contributed by atoms with E-state index in [0.717, 1.165) is 35.3 Å². The van der Waals surface area contributed by atoms with Gasteiger partial charge in [0.05, 0.1) is 22.4 Å². The Kier molecular flexibility index (Phi) is 4.43. The van der Waals surface area contributed by atoms with Crippen LogP contribution in [-0.2, 0) is 0 Å². The van der Waals surface area contributed by atoms with Crippen molar-refractivity contribution in [1.82, 2.24) is 9.97 Å². The van der Waals surface area contributed by atoms with E-state index in [0.29, 0.717) is 5.92 Å². The molecule has 0 fully saturated rings. The van der Waals surface area contributed by atoms with Crippen LogP contribution in [0.3, 0.4) is 0 Å². The molecule has 0 saturated heterocycles. The van der Waals surface area contributed by atoms with Gasteiger partial charge in [0.25, 0.3) is 0 Å². The van der Waals surface area contributed by atoms with E-state index in [-0.39, 0.29) is 5.92 Å². The van der Waals surface area contributed by atoms with Crippen molar-refractivity contribution >= 4 is 11.0 Å². The third kappa shape index (κ3) is 3.39. The predicted octanol–water partition coefficient (Wildman–Crippen LogP) is 5.69. The highest BCUT2D eigenvalue weighted by molar-refractivity contribution is 5.75.